The lowest BCUT2D eigenvalue weighted by atomic mass is 10.2. The second-order valence-corrected chi connectivity index (χ2v) is 1.33. The van der Waals surface area contributed by atoms with Crippen LogP contribution in [-0.2, 0) is 6.37 Å². The van der Waals surface area contributed by atoms with E-state index in [1.54, 1.807) is 0 Å². The SMILES string of the molecule is [2H]Oc1c([2H])c([2H])c(C([2H])([2H])C([2H])([2H])[2H])c([2H])c1[2H]. The topological polar surface area (TPSA) is 20.2 Å². The highest BCUT2D eigenvalue weighted by Gasteiger charge is 1.86. The van der Waals surface area contributed by atoms with Gasteiger partial charge in [0.15, 0.2) is 0 Å². The molecule has 1 heteroatoms. The first-order chi connectivity index (χ1) is 8.46. The fourth-order valence-corrected chi connectivity index (χ4v) is 0.364. The number of phenols is 1. The van der Waals surface area contributed by atoms with E-state index in [9.17, 15) is 0 Å². The van der Waals surface area contributed by atoms with Crippen molar-refractivity contribution in [3.05, 3.63) is 29.7 Å². The Morgan fingerprint density at radius 2 is 2.56 bits per heavy atom. The quantitative estimate of drug-likeness (QED) is 0.652. The lowest BCUT2D eigenvalue weighted by Gasteiger charge is -1.93. The van der Waals surface area contributed by atoms with Crippen LogP contribution in [0.25, 0.3) is 0 Å². The molecule has 48 valence electrons. The van der Waals surface area contributed by atoms with Crippen molar-refractivity contribution in [3.63, 3.8) is 0 Å². The Morgan fingerprint density at radius 3 is 3.11 bits per heavy atom. The zero-order chi connectivity index (χ0) is 15.2. The Balaban J connectivity index is 3.73. The average Bonchev–Trinajstić information content (AvgIpc) is 2.26. The zero-order valence-corrected chi connectivity index (χ0v) is 4.41. The molecule has 0 aromatic heterocycles. The predicted molar refractivity (Wildman–Crippen MR) is 37.5 cm³/mol. The molecule has 0 fully saturated rings. The summed E-state index contributed by atoms with van der Waals surface area (Å²) >= 11 is 0. The predicted octanol–water partition coefficient (Wildman–Crippen LogP) is 1.95. The van der Waals surface area contributed by atoms with Gasteiger partial charge in [0.1, 0.15) is 5.75 Å². The molecule has 0 atom stereocenters. The lowest BCUT2D eigenvalue weighted by Crippen LogP contribution is -1.75. The summed E-state index contributed by atoms with van der Waals surface area (Å²) in [6.45, 7) is -3.15. The molecule has 0 amide bonds. The van der Waals surface area contributed by atoms with Gasteiger partial charge < -0.3 is 5.11 Å². The minimum absolute atomic E-state index is 0.680. The molecule has 0 spiro atoms. The van der Waals surface area contributed by atoms with E-state index < -0.39 is 48.7 Å². The number of aromatic hydroxyl groups is 1. The normalized spacial score (nSPS) is 28.0. The fourth-order valence-electron chi connectivity index (χ4n) is 0.364. The van der Waals surface area contributed by atoms with Gasteiger partial charge in [-0.2, -0.15) is 0 Å². The van der Waals surface area contributed by atoms with Crippen LogP contribution in [0.3, 0.4) is 0 Å². The smallest absolute Gasteiger partial charge is 0.293 e. The van der Waals surface area contributed by atoms with E-state index in [1.807, 2.05) is 0 Å². The monoisotopic (exact) mass is 132 g/mol. The summed E-state index contributed by atoms with van der Waals surface area (Å²) in [6, 6.07) is -3.33. The van der Waals surface area contributed by atoms with E-state index in [1.165, 1.54) is 0 Å². The molecule has 0 aliphatic carbocycles. The molecule has 1 aromatic carbocycles. The van der Waals surface area contributed by atoms with Crippen LogP contribution >= 0.6 is 0 Å². The van der Waals surface area contributed by atoms with Crippen molar-refractivity contribution < 1.29 is 17.4 Å². The largest absolute Gasteiger partial charge is 0.508 e. The Hall–Kier alpha value is -0.980. The molecule has 1 rings (SSSR count). The third kappa shape index (κ3) is 1.46. The van der Waals surface area contributed by atoms with E-state index in [2.05, 4.69) is 5.11 Å². The summed E-state index contributed by atoms with van der Waals surface area (Å²) in [5.41, 5.74) is -0.872. The number of hydrogen-bond acceptors (Lipinski definition) is 1. The van der Waals surface area contributed by atoms with E-state index in [0.29, 0.717) is 0 Å². The van der Waals surface area contributed by atoms with Gasteiger partial charge in [-0.15, -0.1) is 0 Å². The Morgan fingerprint density at radius 1 is 1.78 bits per heavy atom. The highest BCUT2D eigenvalue weighted by atomic mass is 16.3. The summed E-state index contributed by atoms with van der Waals surface area (Å²) in [5.74, 6) is -0.680. The van der Waals surface area contributed by atoms with Gasteiger partial charge in [-0.1, -0.05) is 18.9 Å². The summed E-state index contributed by atoms with van der Waals surface area (Å²) in [5, 5.41) is 3.96. The van der Waals surface area contributed by atoms with Crippen LogP contribution in [0.15, 0.2) is 24.2 Å². The van der Waals surface area contributed by atoms with Crippen molar-refractivity contribution in [3.8, 4) is 5.75 Å². The third-order valence-electron chi connectivity index (χ3n) is 0.727. The van der Waals surface area contributed by atoms with E-state index >= 15 is 0 Å². The summed E-state index contributed by atoms with van der Waals surface area (Å²) in [4.78, 5) is 0. The maximum absolute atomic E-state index is 7.57. The number of phenolic OH excluding ortho intramolecular Hbond substituents is 1. The van der Waals surface area contributed by atoms with Crippen LogP contribution in [-0.4, -0.2) is 6.54 Å². The van der Waals surface area contributed by atoms with Crippen molar-refractivity contribution in [1.82, 2.24) is 0 Å². The van der Waals surface area contributed by atoms with Crippen LogP contribution in [0, 0.1) is 0 Å². The number of hydrogen-bond donors (Lipinski definition) is 1. The summed E-state index contributed by atoms with van der Waals surface area (Å²) in [7, 11) is 0. The van der Waals surface area contributed by atoms with Crippen LogP contribution in [0.1, 0.15) is 24.8 Å². The second-order valence-electron chi connectivity index (χ2n) is 1.33. The van der Waals surface area contributed by atoms with Gasteiger partial charge in [0.2, 0.25) is 0 Å². The van der Waals surface area contributed by atoms with E-state index in [-0.39, 0.29) is 0 Å². The summed E-state index contributed by atoms with van der Waals surface area (Å²) < 4.78 is 73.1. The van der Waals surface area contributed by atoms with Crippen molar-refractivity contribution in [1.29, 1.82) is 1.43 Å². The van der Waals surface area contributed by atoms with Gasteiger partial charge in [0.25, 0.3) is 1.43 Å². The summed E-state index contributed by atoms with van der Waals surface area (Å²) in [6.07, 6.45) is -3.05. The number of rotatable bonds is 2. The lowest BCUT2D eigenvalue weighted by molar-refractivity contribution is 0.475. The molecule has 0 bridgehead atoms. The van der Waals surface area contributed by atoms with Crippen molar-refractivity contribution >= 4 is 0 Å². The van der Waals surface area contributed by atoms with Crippen molar-refractivity contribution in [2.75, 3.05) is 0 Å². The molecule has 9 heavy (non-hydrogen) atoms. The van der Waals surface area contributed by atoms with Gasteiger partial charge in [0.05, 0.1) is 5.48 Å². The molecule has 1 aromatic rings. The highest BCUT2D eigenvalue weighted by molar-refractivity contribution is 5.25. The highest BCUT2D eigenvalue weighted by Crippen LogP contribution is 2.09. The first-order valence-corrected chi connectivity index (χ1v) is 2.20. The minimum Gasteiger partial charge on any atom is -0.508 e. The van der Waals surface area contributed by atoms with Crippen LogP contribution in [0.5, 0.6) is 5.75 Å². The molecule has 0 aliphatic heterocycles. The molecular weight excluding hydrogens is 112 g/mol. The van der Waals surface area contributed by atoms with Gasteiger partial charge in [-0.05, 0) is 24.0 Å². The van der Waals surface area contributed by atoms with E-state index in [4.69, 9.17) is 13.8 Å². The molecule has 0 aliphatic rings. The zero-order valence-electron chi connectivity index (χ0n) is 14.4. The Bertz CT molecular complexity index is 476. The molecular formula is C8H10O. The molecule has 1 N–H and O–H groups in total. The standard InChI is InChI=1S/C8H10O/c1-2-7-3-5-8(9)6-4-7/h3-6,9H,2H2,1H3/i1D3,2D2,3D,4D,5D,6D/hD. The van der Waals surface area contributed by atoms with Gasteiger partial charge >= 0.3 is 0 Å². The van der Waals surface area contributed by atoms with Crippen molar-refractivity contribution in [2.24, 2.45) is 0 Å². The molecule has 0 saturated carbocycles. The van der Waals surface area contributed by atoms with Gasteiger partial charge in [-0.25, -0.2) is 0 Å². The Kier molecular flexibility index (Phi) is 0.343. The maximum Gasteiger partial charge on any atom is 0.293 e. The third-order valence-corrected chi connectivity index (χ3v) is 0.727. The number of benzene rings is 1. The van der Waals surface area contributed by atoms with E-state index in [0.717, 1.165) is 0 Å². The molecule has 1 nitrogen and oxygen atoms in total. The maximum atomic E-state index is 7.57. The second kappa shape index (κ2) is 2.53. The first kappa shape index (κ1) is 1.22. The van der Waals surface area contributed by atoms with Gasteiger partial charge in [0, 0.05) is 6.85 Å². The molecule has 0 radical (unpaired) electrons. The molecule has 0 saturated heterocycles. The van der Waals surface area contributed by atoms with Crippen LogP contribution in [0.2, 0.25) is 0 Å². The van der Waals surface area contributed by atoms with Crippen LogP contribution in [0.4, 0.5) is 0 Å². The first-order valence-electron chi connectivity index (χ1n) is 7.11. The van der Waals surface area contributed by atoms with Crippen molar-refractivity contribution in [2.45, 2.75) is 13.2 Å². The molecule has 0 heterocycles. The Labute approximate surface area is 69.1 Å². The molecule has 0 unspecified atom stereocenters. The average molecular weight is 132 g/mol. The van der Waals surface area contributed by atoms with Crippen LogP contribution < -0.4 is 0 Å². The van der Waals surface area contributed by atoms with Gasteiger partial charge in [-0.3, -0.25) is 0 Å². The fraction of sp³-hybridized carbons (Fsp3) is 0.250. The minimum atomic E-state index is -3.15.